The minimum absolute atomic E-state index is 0.238. The van der Waals surface area contributed by atoms with E-state index in [1.54, 1.807) is 24.3 Å². The zero-order valence-corrected chi connectivity index (χ0v) is 17.5. The lowest BCUT2D eigenvalue weighted by Gasteiger charge is -2.14. The van der Waals surface area contributed by atoms with Crippen LogP contribution in [0.2, 0.25) is 5.02 Å². The molecule has 1 aliphatic heterocycles. The molecule has 0 saturated carbocycles. The van der Waals surface area contributed by atoms with Gasteiger partial charge >= 0.3 is 0 Å². The average molecular weight is 430 g/mol. The summed E-state index contributed by atoms with van der Waals surface area (Å²) in [5, 5.41) is 0.0553. The maximum atomic E-state index is 12.7. The van der Waals surface area contributed by atoms with Gasteiger partial charge in [-0.15, -0.1) is 0 Å². The molecule has 0 spiro atoms. The first kappa shape index (κ1) is 21.0. The van der Waals surface area contributed by atoms with Crippen molar-refractivity contribution in [2.75, 3.05) is 13.2 Å². The molecule has 0 aliphatic carbocycles. The van der Waals surface area contributed by atoms with Crippen LogP contribution < -0.4 is 9.47 Å². The van der Waals surface area contributed by atoms with E-state index in [-0.39, 0.29) is 24.3 Å². The summed E-state index contributed by atoms with van der Waals surface area (Å²) in [4.78, 5) is 26.7. The summed E-state index contributed by atoms with van der Waals surface area (Å²) >= 11 is 7.26. The standard InChI is InChI=1S/C22H20ClNO4S/c1-3-10-28-20-17(23)11-16(12-18(20)27-4-2)13-19-21(25)24(22(26)29-19)14-15-8-6-5-7-9-15/h3,5-9,11-13H,1,4,10,14H2,2H3/b19-13+. The minimum atomic E-state index is -0.329. The van der Waals surface area contributed by atoms with Crippen LogP contribution in [0.1, 0.15) is 18.1 Å². The molecule has 150 valence electrons. The van der Waals surface area contributed by atoms with E-state index < -0.39 is 0 Å². The zero-order valence-electron chi connectivity index (χ0n) is 15.9. The Kier molecular flexibility index (Phi) is 7.01. The van der Waals surface area contributed by atoms with Crippen LogP contribution in [0.3, 0.4) is 0 Å². The van der Waals surface area contributed by atoms with Crippen molar-refractivity contribution < 1.29 is 19.1 Å². The molecule has 3 rings (SSSR count). The predicted octanol–water partition coefficient (Wildman–Crippen LogP) is 5.54. The van der Waals surface area contributed by atoms with Gasteiger partial charge < -0.3 is 9.47 Å². The SMILES string of the molecule is C=CCOc1c(Cl)cc(/C=C2/SC(=O)N(Cc3ccccc3)C2=O)cc1OCC. The largest absolute Gasteiger partial charge is 0.490 e. The molecular formula is C22H20ClNO4S. The molecule has 5 nitrogen and oxygen atoms in total. The molecule has 1 aliphatic rings. The molecule has 0 radical (unpaired) electrons. The number of nitrogens with zero attached hydrogens (tertiary/aromatic N) is 1. The Morgan fingerprint density at radius 3 is 2.62 bits per heavy atom. The quantitative estimate of drug-likeness (QED) is 0.407. The number of imide groups is 1. The molecular weight excluding hydrogens is 410 g/mol. The number of hydrogen-bond acceptors (Lipinski definition) is 5. The van der Waals surface area contributed by atoms with Gasteiger partial charge in [-0.2, -0.15) is 0 Å². The van der Waals surface area contributed by atoms with Crippen LogP contribution in [0.15, 0.2) is 60.0 Å². The Morgan fingerprint density at radius 2 is 1.93 bits per heavy atom. The lowest BCUT2D eigenvalue weighted by atomic mass is 10.1. The van der Waals surface area contributed by atoms with Crippen molar-refractivity contribution in [1.82, 2.24) is 4.90 Å². The third-order valence-corrected chi connectivity index (χ3v) is 5.22. The first-order chi connectivity index (χ1) is 14.0. The van der Waals surface area contributed by atoms with Gasteiger partial charge in [-0.3, -0.25) is 14.5 Å². The fourth-order valence-corrected chi connectivity index (χ4v) is 3.88. The highest BCUT2D eigenvalue weighted by molar-refractivity contribution is 8.18. The van der Waals surface area contributed by atoms with Crippen molar-refractivity contribution in [2.45, 2.75) is 13.5 Å². The summed E-state index contributed by atoms with van der Waals surface area (Å²) in [7, 11) is 0. The number of carbonyl (C=O) groups is 2. The second kappa shape index (κ2) is 9.67. The van der Waals surface area contributed by atoms with Crippen LogP contribution in [0.25, 0.3) is 6.08 Å². The van der Waals surface area contributed by atoms with Gasteiger partial charge in [0.25, 0.3) is 11.1 Å². The highest BCUT2D eigenvalue weighted by atomic mass is 35.5. The van der Waals surface area contributed by atoms with E-state index in [0.29, 0.717) is 33.6 Å². The average Bonchev–Trinajstić information content (AvgIpc) is 2.96. The van der Waals surface area contributed by atoms with Crippen molar-refractivity contribution in [1.29, 1.82) is 0 Å². The highest BCUT2D eigenvalue weighted by Crippen LogP contribution is 2.39. The number of ether oxygens (including phenoxy) is 2. The second-order valence-corrected chi connectivity index (χ2v) is 7.52. The topological polar surface area (TPSA) is 55.8 Å². The molecule has 2 aromatic carbocycles. The molecule has 0 unspecified atom stereocenters. The summed E-state index contributed by atoms with van der Waals surface area (Å²) in [5.41, 5.74) is 1.54. The maximum absolute atomic E-state index is 12.7. The monoisotopic (exact) mass is 429 g/mol. The molecule has 7 heteroatoms. The highest BCUT2D eigenvalue weighted by Gasteiger charge is 2.35. The normalized spacial score (nSPS) is 15.1. The van der Waals surface area contributed by atoms with Crippen molar-refractivity contribution in [2.24, 2.45) is 0 Å². The molecule has 1 heterocycles. The van der Waals surface area contributed by atoms with Gasteiger partial charge in [0.2, 0.25) is 0 Å². The predicted molar refractivity (Wildman–Crippen MR) is 116 cm³/mol. The molecule has 0 bridgehead atoms. The Labute approximate surface area is 178 Å². The van der Waals surface area contributed by atoms with Crippen LogP contribution in [0.4, 0.5) is 4.79 Å². The third kappa shape index (κ3) is 5.02. The molecule has 0 aromatic heterocycles. The number of hydrogen-bond donors (Lipinski definition) is 0. The number of amides is 2. The van der Waals surface area contributed by atoms with Crippen LogP contribution >= 0.6 is 23.4 Å². The van der Waals surface area contributed by atoms with Crippen molar-refractivity contribution in [3.8, 4) is 11.5 Å². The van der Waals surface area contributed by atoms with Gasteiger partial charge in [0, 0.05) is 0 Å². The van der Waals surface area contributed by atoms with E-state index in [2.05, 4.69) is 6.58 Å². The molecule has 2 amide bonds. The fraction of sp³-hybridized carbons (Fsp3) is 0.182. The van der Waals surface area contributed by atoms with Crippen molar-refractivity contribution >= 4 is 40.6 Å². The van der Waals surface area contributed by atoms with Gasteiger partial charge in [0.05, 0.1) is 23.1 Å². The Morgan fingerprint density at radius 1 is 1.17 bits per heavy atom. The number of thioether (sulfide) groups is 1. The van der Waals surface area contributed by atoms with Crippen LogP contribution in [0, 0.1) is 0 Å². The van der Waals surface area contributed by atoms with Crippen LogP contribution in [-0.4, -0.2) is 29.3 Å². The molecule has 1 saturated heterocycles. The molecule has 2 aromatic rings. The lowest BCUT2D eigenvalue weighted by Crippen LogP contribution is -2.27. The zero-order chi connectivity index (χ0) is 20.8. The minimum Gasteiger partial charge on any atom is -0.490 e. The Balaban J connectivity index is 1.86. The number of rotatable bonds is 8. The van der Waals surface area contributed by atoms with Gasteiger partial charge in [-0.25, -0.2) is 0 Å². The van der Waals surface area contributed by atoms with E-state index in [1.165, 1.54) is 4.90 Å². The van der Waals surface area contributed by atoms with Gasteiger partial charge in [-0.1, -0.05) is 54.6 Å². The van der Waals surface area contributed by atoms with Crippen LogP contribution in [0.5, 0.6) is 11.5 Å². The molecule has 1 fully saturated rings. The molecule has 0 N–H and O–H groups in total. The van der Waals surface area contributed by atoms with E-state index in [9.17, 15) is 9.59 Å². The summed E-state index contributed by atoms with van der Waals surface area (Å²) in [6.45, 7) is 6.43. The van der Waals surface area contributed by atoms with Gasteiger partial charge in [0.1, 0.15) is 6.61 Å². The Bertz CT molecular complexity index is 959. The van der Waals surface area contributed by atoms with Crippen LogP contribution in [-0.2, 0) is 11.3 Å². The lowest BCUT2D eigenvalue weighted by molar-refractivity contribution is -0.123. The second-order valence-electron chi connectivity index (χ2n) is 6.12. The van der Waals surface area contributed by atoms with E-state index in [4.69, 9.17) is 21.1 Å². The fourth-order valence-electron chi connectivity index (χ4n) is 2.77. The first-order valence-corrected chi connectivity index (χ1v) is 10.2. The van der Waals surface area contributed by atoms with E-state index >= 15 is 0 Å². The summed E-state index contributed by atoms with van der Waals surface area (Å²) in [6.07, 6.45) is 3.25. The summed E-state index contributed by atoms with van der Waals surface area (Å²) in [6, 6.07) is 12.8. The summed E-state index contributed by atoms with van der Waals surface area (Å²) in [5.74, 6) is 0.560. The number of benzene rings is 2. The van der Waals surface area contributed by atoms with E-state index in [1.807, 2.05) is 37.3 Å². The number of halogens is 1. The third-order valence-electron chi connectivity index (χ3n) is 4.03. The number of carbonyl (C=O) groups excluding carboxylic acids is 2. The van der Waals surface area contributed by atoms with Crippen molar-refractivity contribution in [3.63, 3.8) is 0 Å². The first-order valence-electron chi connectivity index (χ1n) is 9.02. The van der Waals surface area contributed by atoms with Gasteiger partial charge in [-0.05, 0) is 48.0 Å². The van der Waals surface area contributed by atoms with E-state index in [0.717, 1.165) is 17.3 Å². The van der Waals surface area contributed by atoms with Gasteiger partial charge in [0.15, 0.2) is 11.5 Å². The molecule has 0 atom stereocenters. The maximum Gasteiger partial charge on any atom is 0.293 e. The smallest absolute Gasteiger partial charge is 0.293 e. The van der Waals surface area contributed by atoms with Crippen molar-refractivity contribution in [3.05, 3.63) is 76.2 Å². The summed E-state index contributed by atoms with van der Waals surface area (Å²) < 4.78 is 11.2. The Hall–Kier alpha value is -2.70. The molecule has 29 heavy (non-hydrogen) atoms.